The maximum absolute atomic E-state index is 12.8. The molecule has 2 N–H and O–H groups in total. The molecule has 6 rings (SSSR count). The van der Waals surface area contributed by atoms with Gasteiger partial charge in [0.25, 0.3) is 10.0 Å². The van der Waals surface area contributed by atoms with Gasteiger partial charge in [-0.15, -0.1) is 0 Å². The lowest BCUT2D eigenvalue weighted by Crippen LogP contribution is -2.48. The molecule has 5 heteroatoms. The van der Waals surface area contributed by atoms with Gasteiger partial charge in [-0.3, -0.25) is 4.72 Å². The Morgan fingerprint density at radius 3 is 2.07 bits per heavy atom. The Labute approximate surface area is 167 Å². The Morgan fingerprint density at radius 1 is 0.929 bits per heavy atom. The molecule has 28 heavy (non-hydrogen) atoms. The lowest BCUT2D eigenvalue weighted by atomic mass is 9.48. The van der Waals surface area contributed by atoms with Crippen molar-refractivity contribution in [2.75, 3.05) is 4.72 Å². The summed E-state index contributed by atoms with van der Waals surface area (Å²) in [6.07, 6.45) is 7.70. The predicted octanol–water partition coefficient (Wildman–Crippen LogP) is 4.97. The molecule has 4 saturated carbocycles. The van der Waals surface area contributed by atoms with Crippen molar-refractivity contribution in [1.82, 2.24) is 0 Å². The molecule has 0 spiro atoms. The first-order valence-electron chi connectivity index (χ1n) is 10.3. The monoisotopic (exact) mass is 397 g/mol. The summed E-state index contributed by atoms with van der Waals surface area (Å²) < 4.78 is 28.2. The normalized spacial score (nSPS) is 31.1. The van der Waals surface area contributed by atoms with Crippen LogP contribution in [0.1, 0.15) is 49.7 Å². The van der Waals surface area contributed by atoms with E-state index >= 15 is 0 Å². The summed E-state index contributed by atoms with van der Waals surface area (Å²) >= 11 is 0. The Kier molecular flexibility index (Phi) is 4.02. The highest BCUT2D eigenvalue weighted by molar-refractivity contribution is 7.92. The van der Waals surface area contributed by atoms with Crippen LogP contribution in [0.15, 0.2) is 47.4 Å². The summed E-state index contributed by atoms with van der Waals surface area (Å²) in [6, 6.07) is 12.3. The topological polar surface area (TPSA) is 66.4 Å². The third kappa shape index (κ3) is 3.00. The van der Waals surface area contributed by atoms with Crippen LogP contribution in [0.25, 0.3) is 0 Å². The van der Waals surface area contributed by atoms with Gasteiger partial charge in [0.2, 0.25) is 0 Å². The minimum absolute atomic E-state index is 0.0239. The van der Waals surface area contributed by atoms with Gasteiger partial charge in [-0.05, 0) is 98.4 Å². The van der Waals surface area contributed by atoms with Crippen LogP contribution in [0.5, 0.6) is 5.75 Å². The molecular weight excluding hydrogens is 370 g/mol. The van der Waals surface area contributed by atoms with Gasteiger partial charge in [-0.2, -0.15) is 0 Å². The zero-order valence-corrected chi connectivity index (χ0v) is 17.0. The second-order valence-corrected chi connectivity index (χ2v) is 11.0. The van der Waals surface area contributed by atoms with Crippen LogP contribution in [0.4, 0.5) is 5.69 Å². The standard InChI is InChI=1S/C23H27NO3S/c1-15-2-5-20(6-3-15)28(26,27)24-21-11-19(4-7-22(21)25)23-12-16-8-17(13-23)10-18(9-16)14-23/h2-7,11,16-18,24-25H,8-10,12-14H2,1H3. The molecule has 4 bridgehead atoms. The first-order chi connectivity index (χ1) is 13.3. The maximum Gasteiger partial charge on any atom is 0.262 e. The first kappa shape index (κ1) is 18.0. The predicted molar refractivity (Wildman–Crippen MR) is 110 cm³/mol. The summed E-state index contributed by atoms with van der Waals surface area (Å²) in [5.74, 6) is 2.41. The summed E-state index contributed by atoms with van der Waals surface area (Å²) in [5, 5.41) is 10.3. The quantitative estimate of drug-likeness (QED) is 0.716. The molecule has 0 atom stereocenters. The number of nitrogens with one attached hydrogen (secondary N) is 1. The zero-order chi connectivity index (χ0) is 19.5. The number of hydrogen-bond acceptors (Lipinski definition) is 3. The average molecular weight is 398 g/mol. The van der Waals surface area contributed by atoms with E-state index in [1.54, 1.807) is 30.3 Å². The minimum Gasteiger partial charge on any atom is -0.506 e. The number of phenolic OH excluding ortho intramolecular Hbond substituents is 1. The van der Waals surface area contributed by atoms with Crippen molar-refractivity contribution in [2.45, 2.75) is 55.8 Å². The molecular formula is C23H27NO3S. The molecule has 148 valence electrons. The largest absolute Gasteiger partial charge is 0.506 e. The molecule has 4 nitrogen and oxygen atoms in total. The van der Waals surface area contributed by atoms with Crippen molar-refractivity contribution in [3.63, 3.8) is 0 Å². The van der Waals surface area contributed by atoms with Crippen LogP contribution < -0.4 is 4.72 Å². The van der Waals surface area contributed by atoms with Gasteiger partial charge < -0.3 is 5.11 Å². The number of aryl methyl sites for hydroxylation is 1. The second kappa shape index (κ2) is 6.24. The molecule has 0 unspecified atom stereocenters. The minimum atomic E-state index is -3.74. The molecule has 0 saturated heterocycles. The molecule has 0 aliphatic heterocycles. The van der Waals surface area contributed by atoms with Gasteiger partial charge in [0.05, 0.1) is 10.6 Å². The lowest BCUT2D eigenvalue weighted by molar-refractivity contribution is -0.00517. The highest BCUT2D eigenvalue weighted by Crippen LogP contribution is 2.61. The highest BCUT2D eigenvalue weighted by atomic mass is 32.2. The third-order valence-electron chi connectivity index (χ3n) is 7.22. The van der Waals surface area contributed by atoms with Crippen molar-refractivity contribution >= 4 is 15.7 Å². The smallest absolute Gasteiger partial charge is 0.262 e. The Hall–Kier alpha value is -2.01. The van der Waals surface area contributed by atoms with Crippen molar-refractivity contribution < 1.29 is 13.5 Å². The molecule has 2 aromatic rings. The number of anilines is 1. The molecule has 0 amide bonds. The van der Waals surface area contributed by atoms with E-state index in [2.05, 4.69) is 4.72 Å². The fraction of sp³-hybridized carbons (Fsp3) is 0.478. The summed E-state index contributed by atoms with van der Waals surface area (Å²) in [7, 11) is -3.74. The fourth-order valence-corrected chi connectivity index (χ4v) is 7.40. The second-order valence-electron chi connectivity index (χ2n) is 9.35. The number of aromatic hydroxyl groups is 1. The molecule has 0 radical (unpaired) electrons. The number of hydrogen-bond donors (Lipinski definition) is 2. The summed E-state index contributed by atoms with van der Waals surface area (Å²) in [4.78, 5) is 0.206. The van der Waals surface area contributed by atoms with E-state index in [4.69, 9.17) is 0 Å². The Morgan fingerprint density at radius 2 is 1.50 bits per heavy atom. The van der Waals surface area contributed by atoms with Crippen LogP contribution in [0, 0.1) is 24.7 Å². The SMILES string of the molecule is Cc1ccc(S(=O)(=O)Nc2cc(C34CC5CC(CC(C5)C3)C4)ccc2O)cc1. The fourth-order valence-electron chi connectivity index (χ4n) is 6.33. The van der Waals surface area contributed by atoms with Crippen LogP contribution >= 0.6 is 0 Å². The number of benzene rings is 2. The van der Waals surface area contributed by atoms with E-state index in [1.165, 1.54) is 44.1 Å². The zero-order valence-electron chi connectivity index (χ0n) is 16.2. The van der Waals surface area contributed by atoms with Gasteiger partial charge in [-0.25, -0.2) is 8.42 Å². The van der Waals surface area contributed by atoms with E-state index in [0.29, 0.717) is 0 Å². The summed E-state index contributed by atoms with van der Waals surface area (Å²) in [6.45, 7) is 1.92. The maximum atomic E-state index is 12.8. The van der Waals surface area contributed by atoms with Gasteiger partial charge in [-0.1, -0.05) is 23.8 Å². The lowest BCUT2D eigenvalue weighted by Gasteiger charge is -2.57. The first-order valence-corrected chi connectivity index (χ1v) is 11.7. The van der Waals surface area contributed by atoms with E-state index in [1.807, 2.05) is 19.1 Å². The van der Waals surface area contributed by atoms with Crippen LogP contribution in [-0.4, -0.2) is 13.5 Å². The molecule has 2 aromatic carbocycles. The number of sulfonamides is 1. The molecule has 0 aromatic heterocycles. The van der Waals surface area contributed by atoms with Gasteiger partial charge in [0, 0.05) is 0 Å². The van der Waals surface area contributed by atoms with Crippen molar-refractivity contribution in [1.29, 1.82) is 0 Å². The molecule has 0 heterocycles. The van der Waals surface area contributed by atoms with E-state index in [9.17, 15) is 13.5 Å². The molecule has 4 fully saturated rings. The number of phenols is 1. The highest BCUT2D eigenvalue weighted by Gasteiger charge is 2.51. The Balaban J connectivity index is 1.48. The van der Waals surface area contributed by atoms with Crippen LogP contribution in [-0.2, 0) is 15.4 Å². The molecule has 4 aliphatic rings. The van der Waals surface area contributed by atoms with Crippen molar-refractivity contribution in [3.05, 3.63) is 53.6 Å². The van der Waals surface area contributed by atoms with Crippen molar-refractivity contribution in [3.8, 4) is 5.75 Å². The van der Waals surface area contributed by atoms with Gasteiger partial charge in [0.1, 0.15) is 5.75 Å². The van der Waals surface area contributed by atoms with E-state index in [0.717, 1.165) is 23.3 Å². The Bertz CT molecular complexity index is 975. The third-order valence-corrected chi connectivity index (χ3v) is 8.60. The van der Waals surface area contributed by atoms with E-state index in [-0.39, 0.29) is 21.7 Å². The average Bonchev–Trinajstić information content (AvgIpc) is 2.62. The van der Waals surface area contributed by atoms with Gasteiger partial charge >= 0.3 is 0 Å². The van der Waals surface area contributed by atoms with Gasteiger partial charge in [0.15, 0.2) is 0 Å². The van der Waals surface area contributed by atoms with Crippen LogP contribution in [0.3, 0.4) is 0 Å². The van der Waals surface area contributed by atoms with E-state index < -0.39 is 10.0 Å². The number of rotatable bonds is 4. The summed E-state index contributed by atoms with van der Waals surface area (Å²) in [5.41, 5.74) is 2.64. The molecule has 4 aliphatic carbocycles. The van der Waals surface area contributed by atoms with Crippen molar-refractivity contribution in [2.24, 2.45) is 17.8 Å². The van der Waals surface area contributed by atoms with Crippen LogP contribution in [0.2, 0.25) is 0 Å².